The van der Waals surface area contributed by atoms with Gasteiger partial charge in [0.1, 0.15) is 0 Å². The Morgan fingerprint density at radius 1 is 1.00 bits per heavy atom. The van der Waals surface area contributed by atoms with Gasteiger partial charge in [-0.1, -0.05) is 19.1 Å². The van der Waals surface area contributed by atoms with Gasteiger partial charge in [0.25, 0.3) is 5.91 Å². The van der Waals surface area contributed by atoms with E-state index in [1.807, 2.05) is 24.3 Å². The lowest BCUT2D eigenvalue weighted by Gasteiger charge is -2.30. The molecule has 1 heterocycles. The molecule has 3 rings (SSSR count). The van der Waals surface area contributed by atoms with Gasteiger partial charge in [-0.15, -0.1) is 0 Å². The standard InChI is InChI=1S/C22H27N3O2/c1-16-4-3-13-25(14-16)15-18-5-7-19(8-6-18)22(27)24-21-11-9-20(10-12-21)23-17(2)26/h5-12,16H,3-4,13-15H2,1-2H3,(H,23,26)(H,24,27)/t16-/m0/s1. The summed E-state index contributed by atoms with van der Waals surface area (Å²) in [5.41, 5.74) is 3.27. The number of hydrogen-bond acceptors (Lipinski definition) is 3. The molecule has 27 heavy (non-hydrogen) atoms. The second-order valence-electron chi connectivity index (χ2n) is 7.39. The number of hydrogen-bond donors (Lipinski definition) is 2. The molecule has 0 bridgehead atoms. The Morgan fingerprint density at radius 3 is 2.22 bits per heavy atom. The minimum atomic E-state index is -0.138. The molecule has 0 aliphatic carbocycles. The van der Waals surface area contributed by atoms with E-state index < -0.39 is 0 Å². The number of piperidine rings is 1. The van der Waals surface area contributed by atoms with Crippen LogP contribution in [-0.4, -0.2) is 29.8 Å². The predicted molar refractivity (Wildman–Crippen MR) is 109 cm³/mol. The van der Waals surface area contributed by atoms with Crippen LogP contribution in [0.5, 0.6) is 0 Å². The summed E-state index contributed by atoms with van der Waals surface area (Å²) < 4.78 is 0. The fourth-order valence-electron chi connectivity index (χ4n) is 3.49. The minimum Gasteiger partial charge on any atom is -0.326 e. The van der Waals surface area contributed by atoms with Crippen molar-refractivity contribution in [1.29, 1.82) is 0 Å². The van der Waals surface area contributed by atoms with E-state index in [4.69, 9.17) is 0 Å². The molecular formula is C22H27N3O2. The highest BCUT2D eigenvalue weighted by molar-refractivity contribution is 6.04. The number of carbonyl (C=O) groups excluding carboxylic acids is 2. The zero-order valence-corrected chi connectivity index (χ0v) is 16.0. The Morgan fingerprint density at radius 2 is 1.63 bits per heavy atom. The Hall–Kier alpha value is -2.66. The maximum atomic E-state index is 12.4. The minimum absolute atomic E-state index is 0.120. The summed E-state index contributed by atoms with van der Waals surface area (Å²) in [5.74, 6) is 0.507. The van der Waals surface area contributed by atoms with Crippen LogP contribution in [0.25, 0.3) is 0 Å². The second kappa shape index (κ2) is 8.82. The lowest BCUT2D eigenvalue weighted by atomic mass is 9.99. The first-order chi connectivity index (χ1) is 13.0. The molecule has 5 heteroatoms. The lowest BCUT2D eigenvalue weighted by Crippen LogP contribution is -2.33. The van der Waals surface area contributed by atoms with E-state index in [9.17, 15) is 9.59 Å². The van der Waals surface area contributed by atoms with Gasteiger partial charge in [0, 0.05) is 37.0 Å². The molecule has 1 saturated heterocycles. The monoisotopic (exact) mass is 365 g/mol. The number of amides is 2. The van der Waals surface area contributed by atoms with Gasteiger partial charge in [-0.25, -0.2) is 0 Å². The molecule has 5 nitrogen and oxygen atoms in total. The number of rotatable bonds is 5. The average molecular weight is 365 g/mol. The molecule has 2 amide bonds. The molecule has 0 saturated carbocycles. The highest BCUT2D eigenvalue weighted by atomic mass is 16.2. The number of benzene rings is 2. The van der Waals surface area contributed by atoms with E-state index in [1.165, 1.54) is 25.3 Å². The van der Waals surface area contributed by atoms with Gasteiger partial charge in [0.2, 0.25) is 5.91 Å². The normalized spacial score (nSPS) is 17.3. The molecular weight excluding hydrogens is 338 g/mol. The van der Waals surface area contributed by atoms with Crippen molar-refractivity contribution in [3.8, 4) is 0 Å². The summed E-state index contributed by atoms with van der Waals surface area (Å²) >= 11 is 0. The SMILES string of the molecule is CC(=O)Nc1ccc(NC(=O)c2ccc(CN3CCC[C@H](C)C3)cc2)cc1. The summed E-state index contributed by atoms with van der Waals surface area (Å²) in [7, 11) is 0. The summed E-state index contributed by atoms with van der Waals surface area (Å²) in [6.07, 6.45) is 2.59. The van der Waals surface area contributed by atoms with E-state index in [-0.39, 0.29) is 11.8 Å². The zero-order valence-electron chi connectivity index (χ0n) is 16.0. The van der Waals surface area contributed by atoms with Crippen molar-refractivity contribution >= 4 is 23.2 Å². The fraction of sp³-hybridized carbons (Fsp3) is 0.364. The van der Waals surface area contributed by atoms with Crippen LogP contribution in [0.3, 0.4) is 0 Å². The number of nitrogens with zero attached hydrogens (tertiary/aromatic N) is 1. The van der Waals surface area contributed by atoms with Crippen LogP contribution in [-0.2, 0) is 11.3 Å². The largest absolute Gasteiger partial charge is 0.326 e. The van der Waals surface area contributed by atoms with Gasteiger partial charge in [-0.2, -0.15) is 0 Å². The fourth-order valence-corrected chi connectivity index (χ4v) is 3.49. The molecule has 142 valence electrons. The first kappa shape index (κ1) is 19.1. The van der Waals surface area contributed by atoms with E-state index in [1.54, 1.807) is 24.3 Å². The third kappa shape index (κ3) is 5.66. The van der Waals surface area contributed by atoms with Crippen molar-refractivity contribution in [1.82, 2.24) is 4.90 Å². The van der Waals surface area contributed by atoms with Crippen LogP contribution in [0.1, 0.15) is 42.6 Å². The zero-order chi connectivity index (χ0) is 19.2. The highest BCUT2D eigenvalue weighted by Gasteiger charge is 2.16. The highest BCUT2D eigenvalue weighted by Crippen LogP contribution is 2.19. The molecule has 1 aliphatic heterocycles. The molecule has 2 N–H and O–H groups in total. The number of anilines is 2. The van der Waals surface area contributed by atoms with E-state index in [2.05, 4.69) is 22.5 Å². The molecule has 2 aromatic carbocycles. The molecule has 1 aliphatic rings. The quantitative estimate of drug-likeness (QED) is 0.837. The van der Waals surface area contributed by atoms with E-state index >= 15 is 0 Å². The van der Waals surface area contributed by atoms with E-state index in [0.29, 0.717) is 16.9 Å². The molecule has 0 radical (unpaired) electrons. The van der Waals surface area contributed by atoms with Crippen LogP contribution >= 0.6 is 0 Å². The van der Waals surface area contributed by atoms with Gasteiger partial charge < -0.3 is 10.6 Å². The Balaban J connectivity index is 1.56. The molecule has 0 unspecified atom stereocenters. The van der Waals surface area contributed by atoms with Crippen molar-refractivity contribution in [2.24, 2.45) is 5.92 Å². The Bertz CT molecular complexity index is 784. The molecule has 0 spiro atoms. The van der Waals surface area contributed by atoms with Crippen LogP contribution in [0, 0.1) is 5.92 Å². The van der Waals surface area contributed by atoms with Crippen molar-refractivity contribution in [3.63, 3.8) is 0 Å². The third-order valence-electron chi connectivity index (χ3n) is 4.83. The van der Waals surface area contributed by atoms with Gasteiger partial charge >= 0.3 is 0 Å². The molecule has 0 aromatic heterocycles. The third-order valence-corrected chi connectivity index (χ3v) is 4.83. The maximum absolute atomic E-state index is 12.4. The molecule has 1 fully saturated rings. The first-order valence-corrected chi connectivity index (χ1v) is 9.50. The van der Waals surface area contributed by atoms with Gasteiger partial charge in [-0.3, -0.25) is 14.5 Å². The smallest absolute Gasteiger partial charge is 0.255 e. The maximum Gasteiger partial charge on any atom is 0.255 e. The molecule has 1 atom stereocenters. The van der Waals surface area contributed by atoms with Crippen LogP contribution < -0.4 is 10.6 Å². The lowest BCUT2D eigenvalue weighted by molar-refractivity contribution is -0.114. The summed E-state index contributed by atoms with van der Waals surface area (Å²) in [6, 6.07) is 14.9. The Kier molecular flexibility index (Phi) is 6.24. The second-order valence-corrected chi connectivity index (χ2v) is 7.39. The van der Waals surface area contributed by atoms with Crippen LogP contribution in [0.4, 0.5) is 11.4 Å². The number of likely N-dealkylation sites (tertiary alicyclic amines) is 1. The van der Waals surface area contributed by atoms with E-state index in [0.717, 1.165) is 25.6 Å². The van der Waals surface area contributed by atoms with Gasteiger partial charge in [0.15, 0.2) is 0 Å². The van der Waals surface area contributed by atoms with Crippen molar-refractivity contribution in [2.75, 3.05) is 23.7 Å². The van der Waals surface area contributed by atoms with Gasteiger partial charge in [0.05, 0.1) is 0 Å². The Labute approximate surface area is 160 Å². The number of carbonyl (C=O) groups is 2. The van der Waals surface area contributed by atoms with Gasteiger partial charge in [-0.05, 0) is 67.3 Å². The van der Waals surface area contributed by atoms with Crippen molar-refractivity contribution < 1.29 is 9.59 Å². The molecule has 2 aromatic rings. The average Bonchev–Trinajstić information content (AvgIpc) is 2.63. The van der Waals surface area contributed by atoms with Crippen molar-refractivity contribution in [3.05, 3.63) is 59.7 Å². The summed E-state index contributed by atoms with van der Waals surface area (Å²) in [5, 5.41) is 5.59. The topological polar surface area (TPSA) is 61.4 Å². The van der Waals surface area contributed by atoms with Crippen LogP contribution in [0.15, 0.2) is 48.5 Å². The summed E-state index contributed by atoms with van der Waals surface area (Å²) in [4.78, 5) is 26.0. The van der Waals surface area contributed by atoms with Crippen LogP contribution in [0.2, 0.25) is 0 Å². The number of nitrogens with one attached hydrogen (secondary N) is 2. The first-order valence-electron chi connectivity index (χ1n) is 9.50. The van der Waals surface area contributed by atoms with Crippen molar-refractivity contribution in [2.45, 2.75) is 33.2 Å². The predicted octanol–water partition coefficient (Wildman–Crippen LogP) is 4.13. The summed E-state index contributed by atoms with van der Waals surface area (Å²) in [6.45, 7) is 7.02.